The van der Waals surface area contributed by atoms with Crippen LogP contribution in [0.3, 0.4) is 0 Å². The first-order chi connectivity index (χ1) is 6.18. The summed E-state index contributed by atoms with van der Waals surface area (Å²) < 4.78 is 1.79. The van der Waals surface area contributed by atoms with Crippen LogP contribution in [0.1, 0.15) is 40.3 Å². The van der Waals surface area contributed by atoms with Gasteiger partial charge in [0, 0.05) is 11.6 Å². The lowest BCUT2D eigenvalue weighted by atomic mass is 9.93. The molecule has 1 aromatic rings. The Labute approximate surface area is 85.8 Å². The molecule has 0 bridgehead atoms. The predicted molar refractivity (Wildman–Crippen MR) is 57.2 cm³/mol. The third-order valence-corrected chi connectivity index (χ3v) is 1.96. The van der Waals surface area contributed by atoms with Crippen LogP contribution in [0.4, 0.5) is 0 Å². The predicted octanol–water partition coefficient (Wildman–Crippen LogP) is 1.95. The van der Waals surface area contributed by atoms with Crippen molar-refractivity contribution in [3.63, 3.8) is 0 Å². The van der Waals surface area contributed by atoms with Crippen molar-refractivity contribution in [2.75, 3.05) is 0 Å². The lowest BCUT2D eigenvalue weighted by Gasteiger charge is -2.18. The molecular weight excluding hydrogens is 176 g/mol. The van der Waals surface area contributed by atoms with Gasteiger partial charge in [-0.05, 0) is 19.9 Å². The van der Waals surface area contributed by atoms with Gasteiger partial charge >= 0.3 is 0 Å². The average Bonchev–Trinajstić information content (AvgIpc) is 2.29. The molecule has 0 aliphatic rings. The van der Waals surface area contributed by atoms with Gasteiger partial charge in [0.2, 0.25) is 0 Å². The minimum atomic E-state index is -0.707. The van der Waals surface area contributed by atoms with Crippen LogP contribution in [-0.2, 0) is 12.0 Å². The van der Waals surface area contributed by atoms with Gasteiger partial charge in [0.15, 0.2) is 0 Å². The first-order valence-corrected chi connectivity index (χ1v) is 4.95. The van der Waals surface area contributed by atoms with Crippen LogP contribution in [0.25, 0.3) is 0 Å². The van der Waals surface area contributed by atoms with Crippen molar-refractivity contribution in [3.8, 4) is 0 Å². The van der Waals surface area contributed by atoms with Gasteiger partial charge in [-0.1, -0.05) is 20.8 Å². The highest BCUT2D eigenvalue weighted by Gasteiger charge is 2.19. The number of hydrogen-bond donors (Lipinski definition) is 1. The summed E-state index contributed by atoms with van der Waals surface area (Å²) in [5.74, 6) is 0. The molecule has 0 aliphatic heterocycles. The molecule has 0 saturated carbocycles. The minimum Gasteiger partial charge on any atom is -0.389 e. The largest absolute Gasteiger partial charge is 0.389 e. The SMILES string of the molecule is CC(C)(O)Cn1ccc(C(C)(C)C)n1. The topological polar surface area (TPSA) is 38.0 Å². The van der Waals surface area contributed by atoms with Crippen molar-refractivity contribution < 1.29 is 5.11 Å². The first-order valence-electron chi connectivity index (χ1n) is 4.95. The van der Waals surface area contributed by atoms with E-state index >= 15 is 0 Å². The maximum atomic E-state index is 9.62. The fourth-order valence-electron chi connectivity index (χ4n) is 1.25. The summed E-state index contributed by atoms with van der Waals surface area (Å²) in [5, 5.41) is 14.0. The zero-order chi connectivity index (χ0) is 11.0. The Morgan fingerprint density at radius 3 is 2.21 bits per heavy atom. The minimum absolute atomic E-state index is 0.0743. The molecule has 0 aliphatic carbocycles. The molecule has 0 radical (unpaired) electrons. The summed E-state index contributed by atoms with van der Waals surface area (Å²) in [6.07, 6.45) is 1.92. The summed E-state index contributed by atoms with van der Waals surface area (Å²) in [6, 6.07) is 2.01. The third-order valence-electron chi connectivity index (χ3n) is 1.96. The van der Waals surface area contributed by atoms with Crippen molar-refractivity contribution in [1.29, 1.82) is 0 Å². The van der Waals surface area contributed by atoms with Crippen molar-refractivity contribution in [2.24, 2.45) is 0 Å². The van der Waals surface area contributed by atoms with Gasteiger partial charge in [0.25, 0.3) is 0 Å². The monoisotopic (exact) mass is 196 g/mol. The molecule has 0 unspecified atom stereocenters. The Hall–Kier alpha value is -0.830. The summed E-state index contributed by atoms with van der Waals surface area (Å²) >= 11 is 0. The zero-order valence-corrected chi connectivity index (χ0v) is 9.70. The molecule has 0 fully saturated rings. The second-order valence-electron chi connectivity index (χ2n) is 5.46. The van der Waals surface area contributed by atoms with E-state index in [4.69, 9.17) is 0 Å². The maximum Gasteiger partial charge on any atom is 0.0786 e. The highest BCUT2D eigenvalue weighted by atomic mass is 16.3. The molecule has 3 nitrogen and oxygen atoms in total. The molecule has 1 heterocycles. The summed E-state index contributed by atoms with van der Waals surface area (Å²) in [6.45, 7) is 10.5. The quantitative estimate of drug-likeness (QED) is 0.785. The van der Waals surface area contributed by atoms with E-state index in [1.165, 1.54) is 0 Å². The Balaban J connectivity index is 2.79. The van der Waals surface area contributed by atoms with Gasteiger partial charge < -0.3 is 5.11 Å². The van der Waals surface area contributed by atoms with Crippen LogP contribution in [0.15, 0.2) is 12.3 Å². The number of hydrogen-bond acceptors (Lipinski definition) is 2. The normalized spacial score (nSPS) is 13.3. The molecule has 0 spiro atoms. The summed E-state index contributed by atoms with van der Waals surface area (Å²) in [4.78, 5) is 0. The summed E-state index contributed by atoms with van der Waals surface area (Å²) in [7, 11) is 0. The maximum absolute atomic E-state index is 9.62. The van der Waals surface area contributed by atoms with Gasteiger partial charge in [-0.2, -0.15) is 5.10 Å². The van der Waals surface area contributed by atoms with Crippen molar-refractivity contribution in [1.82, 2.24) is 9.78 Å². The molecule has 0 aromatic carbocycles. The Bertz CT molecular complexity index is 302. The molecule has 1 N–H and O–H groups in total. The van der Waals surface area contributed by atoms with Crippen LogP contribution in [0.5, 0.6) is 0 Å². The van der Waals surface area contributed by atoms with Gasteiger partial charge in [0.1, 0.15) is 0 Å². The fourth-order valence-corrected chi connectivity index (χ4v) is 1.25. The molecule has 1 aromatic heterocycles. The molecule has 0 saturated heterocycles. The fraction of sp³-hybridized carbons (Fsp3) is 0.727. The van der Waals surface area contributed by atoms with E-state index in [2.05, 4.69) is 25.9 Å². The highest BCUT2D eigenvalue weighted by molar-refractivity contribution is 5.10. The van der Waals surface area contributed by atoms with Crippen molar-refractivity contribution in [3.05, 3.63) is 18.0 Å². The molecule has 0 amide bonds. The third kappa shape index (κ3) is 3.14. The zero-order valence-electron chi connectivity index (χ0n) is 9.70. The van der Waals surface area contributed by atoms with Crippen molar-refractivity contribution in [2.45, 2.75) is 52.2 Å². The first kappa shape index (κ1) is 11.2. The molecule has 14 heavy (non-hydrogen) atoms. The Kier molecular flexibility index (Phi) is 2.72. The lowest BCUT2D eigenvalue weighted by Crippen LogP contribution is -2.26. The van der Waals surface area contributed by atoms with E-state index in [1.807, 2.05) is 12.3 Å². The van der Waals surface area contributed by atoms with E-state index in [1.54, 1.807) is 18.5 Å². The van der Waals surface area contributed by atoms with E-state index in [9.17, 15) is 5.11 Å². The number of nitrogens with zero attached hydrogens (tertiary/aromatic N) is 2. The van der Waals surface area contributed by atoms with Crippen LogP contribution < -0.4 is 0 Å². The van der Waals surface area contributed by atoms with Crippen LogP contribution in [0, 0.1) is 0 Å². The standard InChI is InChI=1S/C11H20N2O/c1-10(2,3)9-6-7-13(12-9)8-11(4,5)14/h6-7,14H,8H2,1-5H3. The molecule has 1 rings (SSSR count). The van der Waals surface area contributed by atoms with E-state index < -0.39 is 5.60 Å². The van der Waals surface area contributed by atoms with E-state index in [0.29, 0.717) is 6.54 Å². The molecular formula is C11H20N2O. The van der Waals surface area contributed by atoms with E-state index in [0.717, 1.165) is 5.69 Å². The average molecular weight is 196 g/mol. The second-order valence-corrected chi connectivity index (χ2v) is 5.46. The van der Waals surface area contributed by atoms with Gasteiger partial charge in [-0.3, -0.25) is 4.68 Å². The van der Waals surface area contributed by atoms with Crippen LogP contribution in [-0.4, -0.2) is 20.5 Å². The number of aliphatic hydroxyl groups is 1. The number of aromatic nitrogens is 2. The Morgan fingerprint density at radius 1 is 1.29 bits per heavy atom. The smallest absolute Gasteiger partial charge is 0.0786 e. The van der Waals surface area contributed by atoms with Gasteiger partial charge in [-0.25, -0.2) is 0 Å². The highest BCUT2D eigenvalue weighted by Crippen LogP contribution is 2.19. The Morgan fingerprint density at radius 2 is 1.86 bits per heavy atom. The lowest BCUT2D eigenvalue weighted by molar-refractivity contribution is 0.0575. The van der Waals surface area contributed by atoms with E-state index in [-0.39, 0.29) is 5.41 Å². The molecule has 0 atom stereocenters. The van der Waals surface area contributed by atoms with Gasteiger partial charge in [0.05, 0.1) is 17.8 Å². The number of rotatable bonds is 2. The van der Waals surface area contributed by atoms with Gasteiger partial charge in [-0.15, -0.1) is 0 Å². The van der Waals surface area contributed by atoms with Crippen molar-refractivity contribution >= 4 is 0 Å². The molecule has 3 heteroatoms. The summed E-state index contributed by atoms with van der Waals surface area (Å²) in [5.41, 5.74) is 0.424. The molecule has 80 valence electrons. The van der Waals surface area contributed by atoms with Crippen LogP contribution in [0.2, 0.25) is 0 Å². The van der Waals surface area contributed by atoms with Crippen LogP contribution >= 0.6 is 0 Å². The second kappa shape index (κ2) is 3.39.